The Kier molecular flexibility index (Phi) is 12.6. The van der Waals surface area contributed by atoms with Crippen molar-refractivity contribution in [1.29, 1.82) is 0 Å². The smallest absolute Gasteiger partial charge is 0.408 e. The molecule has 12 heteroatoms. The van der Waals surface area contributed by atoms with E-state index in [1.165, 1.54) is 0 Å². The summed E-state index contributed by atoms with van der Waals surface area (Å²) in [4.78, 5) is 62.1. The summed E-state index contributed by atoms with van der Waals surface area (Å²) in [5.41, 5.74) is -0.815. The average molecular weight is 490 g/mol. The standard InChI is InChI=1S/C22H39N3O9/c1-11(2)10-13(19(29)32-8)23-18(28)15(16(26)20(30)33-9)24-17(27)14(12(3)4)25-21(31)34-22(5,6)7/h11-16,26H,10H2,1-9H3,(H,23,28)(H,24,27)(H,25,31)/t13-,14-,15-,16-/m0/s1. The molecule has 12 nitrogen and oxygen atoms in total. The van der Waals surface area contributed by atoms with Crippen LogP contribution in [0.5, 0.6) is 0 Å². The molecule has 4 atom stereocenters. The molecule has 0 fully saturated rings. The summed E-state index contributed by atoms with van der Waals surface area (Å²) in [6.07, 6.45) is -2.73. The summed E-state index contributed by atoms with van der Waals surface area (Å²) in [6, 6.07) is -4.06. The summed E-state index contributed by atoms with van der Waals surface area (Å²) in [5.74, 6) is -4.24. The highest BCUT2D eigenvalue weighted by molar-refractivity contribution is 5.96. The summed E-state index contributed by atoms with van der Waals surface area (Å²) in [6.45, 7) is 11.9. The molecule has 0 radical (unpaired) electrons. The molecular formula is C22H39N3O9. The van der Waals surface area contributed by atoms with E-state index < -0.39 is 65.6 Å². The fourth-order valence-electron chi connectivity index (χ4n) is 2.85. The molecule has 0 aromatic rings. The molecule has 196 valence electrons. The van der Waals surface area contributed by atoms with Gasteiger partial charge < -0.3 is 35.3 Å². The first-order chi connectivity index (χ1) is 15.5. The minimum Gasteiger partial charge on any atom is -0.467 e. The largest absolute Gasteiger partial charge is 0.467 e. The van der Waals surface area contributed by atoms with Crippen molar-refractivity contribution in [3.05, 3.63) is 0 Å². The topological polar surface area (TPSA) is 169 Å². The van der Waals surface area contributed by atoms with Crippen molar-refractivity contribution in [2.45, 2.75) is 84.7 Å². The average Bonchev–Trinajstić information content (AvgIpc) is 2.71. The first-order valence-electron chi connectivity index (χ1n) is 11.0. The van der Waals surface area contributed by atoms with Gasteiger partial charge in [-0.2, -0.15) is 0 Å². The molecule has 0 heterocycles. The van der Waals surface area contributed by atoms with Gasteiger partial charge >= 0.3 is 18.0 Å². The summed E-state index contributed by atoms with van der Waals surface area (Å²) in [7, 11) is 2.15. The van der Waals surface area contributed by atoms with Gasteiger partial charge in [-0.25, -0.2) is 14.4 Å². The molecule has 4 N–H and O–H groups in total. The predicted octanol–water partition coefficient (Wildman–Crippen LogP) is 0.258. The number of esters is 2. The monoisotopic (exact) mass is 489 g/mol. The van der Waals surface area contributed by atoms with Crippen LogP contribution in [-0.4, -0.2) is 79.0 Å². The van der Waals surface area contributed by atoms with Crippen molar-refractivity contribution >= 4 is 29.8 Å². The Balaban J connectivity index is 5.81. The van der Waals surface area contributed by atoms with Crippen molar-refractivity contribution in [3.8, 4) is 0 Å². The lowest BCUT2D eigenvalue weighted by Gasteiger charge is -2.29. The van der Waals surface area contributed by atoms with Crippen LogP contribution in [0.4, 0.5) is 4.79 Å². The van der Waals surface area contributed by atoms with E-state index in [4.69, 9.17) is 9.47 Å². The summed E-state index contributed by atoms with van der Waals surface area (Å²) < 4.78 is 14.4. The number of amides is 3. The van der Waals surface area contributed by atoms with Crippen LogP contribution in [0.3, 0.4) is 0 Å². The van der Waals surface area contributed by atoms with E-state index in [2.05, 4.69) is 20.7 Å². The van der Waals surface area contributed by atoms with Gasteiger partial charge in [0.1, 0.15) is 23.7 Å². The predicted molar refractivity (Wildman–Crippen MR) is 121 cm³/mol. The minimum absolute atomic E-state index is 0.00804. The molecule has 34 heavy (non-hydrogen) atoms. The van der Waals surface area contributed by atoms with E-state index >= 15 is 0 Å². The number of ether oxygens (including phenoxy) is 3. The second kappa shape index (κ2) is 13.7. The molecule has 0 aromatic carbocycles. The first-order valence-corrected chi connectivity index (χ1v) is 11.0. The number of methoxy groups -OCH3 is 2. The Hall–Kier alpha value is -2.89. The van der Waals surface area contributed by atoms with Gasteiger partial charge in [0.05, 0.1) is 14.2 Å². The van der Waals surface area contributed by atoms with Gasteiger partial charge in [-0.3, -0.25) is 9.59 Å². The van der Waals surface area contributed by atoms with Crippen molar-refractivity contribution in [1.82, 2.24) is 16.0 Å². The van der Waals surface area contributed by atoms with Crippen LogP contribution in [0.15, 0.2) is 0 Å². The summed E-state index contributed by atoms with van der Waals surface area (Å²) >= 11 is 0. The molecule has 0 unspecified atom stereocenters. The van der Waals surface area contributed by atoms with Gasteiger partial charge in [0.2, 0.25) is 11.8 Å². The van der Waals surface area contributed by atoms with Crippen LogP contribution < -0.4 is 16.0 Å². The summed E-state index contributed by atoms with van der Waals surface area (Å²) in [5, 5.41) is 17.4. The highest BCUT2D eigenvalue weighted by Crippen LogP contribution is 2.11. The normalized spacial score (nSPS) is 14.9. The molecule has 0 aromatic heterocycles. The number of hydrogen-bond donors (Lipinski definition) is 4. The van der Waals surface area contributed by atoms with Gasteiger partial charge in [-0.15, -0.1) is 0 Å². The van der Waals surface area contributed by atoms with E-state index in [-0.39, 0.29) is 12.3 Å². The lowest BCUT2D eigenvalue weighted by atomic mass is 10.0. The maximum Gasteiger partial charge on any atom is 0.408 e. The third-order valence-electron chi connectivity index (χ3n) is 4.47. The molecule has 0 saturated heterocycles. The second-order valence-electron chi connectivity index (χ2n) is 9.54. The highest BCUT2D eigenvalue weighted by atomic mass is 16.6. The molecule has 0 spiro atoms. The Morgan fingerprint density at radius 2 is 1.29 bits per heavy atom. The van der Waals surface area contributed by atoms with Crippen LogP contribution in [0.2, 0.25) is 0 Å². The number of hydrogen-bond acceptors (Lipinski definition) is 9. The number of rotatable bonds is 11. The van der Waals surface area contributed by atoms with Crippen molar-refractivity contribution in [3.63, 3.8) is 0 Å². The number of aliphatic hydroxyl groups is 1. The molecular weight excluding hydrogens is 450 g/mol. The van der Waals surface area contributed by atoms with Crippen molar-refractivity contribution < 1.29 is 43.3 Å². The van der Waals surface area contributed by atoms with Gasteiger partial charge in [-0.1, -0.05) is 27.7 Å². The van der Waals surface area contributed by atoms with Crippen molar-refractivity contribution in [2.24, 2.45) is 11.8 Å². The van der Waals surface area contributed by atoms with E-state index in [1.54, 1.807) is 34.6 Å². The molecule has 0 aliphatic rings. The van der Waals surface area contributed by atoms with Crippen LogP contribution in [0, 0.1) is 11.8 Å². The molecule has 0 bridgehead atoms. The van der Waals surface area contributed by atoms with Crippen LogP contribution in [0.1, 0.15) is 54.9 Å². The maximum absolute atomic E-state index is 13.0. The number of carbonyl (C=O) groups is 5. The number of alkyl carbamates (subject to hydrolysis) is 1. The lowest BCUT2D eigenvalue weighted by Crippen LogP contribution is -2.62. The van der Waals surface area contributed by atoms with Gasteiger partial charge in [0.15, 0.2) is 6.10 Å². The number of carbonyl (C=O) groups excluding carboxylic acids is 5. The fraction of sp³-hybridized carbons (Fsp3) is 0.773. The molecule has 0 rings (SSSR count). The molecule has 0 aliphatic carbocycles. The third-order valence-corrected chi connectivity index (χ3v) is 4.47. The zero-order valence-corrected chi connectivity index (χ0v) is 21.4. The van der Waals surface area contributed by atoms with Crippen LogP contribution >= 0.6 is 0 Å². The maximum atomic E-state index is 13.0. The third kappa shape index (κ3) is 10.8. The lowest BCUT2D eigenvalue weighted by molar-refractivity contribution is -0.155. The van der Waals surface area contributed by atoms with Crippen LogP contribution in [-0.2, 0) is 33.4 Å². The first kappa shape index (κ1) is 31.1. The quantitative estimate of drug-likeness (QED) is 0.235. The van der Waals surface area contributed by atoms with Gasteiger partial charge in [0.25, 0.3) is 0 Å². The Morgan fingerprint density at radius 3 is 1.71 bits per heavy atom. The Labute approximate surface area is 200 Å². The molecule has 0 saturated carbocycles. The molecule has 3 amide bonds. The number of aliphatic hydroxyl groups excluding tert-OH is 1. The number of nitrogens with one attached hydrogen (secondary N) is 3. The Bertz CT molecular complexity index is 732. The molecule has 0 aliphatic heterocycles. The Morgan fingerprint density at radius 1 is 0.794 bits per heavy atom. The van der Waals surface area contributed by atoms with E-state index in [0.29, 0.717) is 0 Å². The van der Waals surface area contributed by atoms with Crippen LogP contribution in [0.25, 0.3) is 0 Å². The zero-order chi connectivity index (χ0) is 26.8. The highest BCUT2D eigenvalue weighted by Gasteiger charge is 2.38. The van der Waals surface area contributed by atoms with E-state index in [1.807, 2.05) is 13.8 Å². The van der Waals surface area contributed by atoms with Gasteiger partial charge in [0, 0.05) is 0 Å². The van der Waals surface area contributed by atoms with Gasteiger partial charge in [-0.05, 0) is 39.0 Å². The zero-order valence-electron chi connectivity index (χ0n) is 21.4. The van der Waals surface area contributed by atoms with E-state index in [9.17, 15) is 29.1 Å². The van der Waals surface area contributed by atoms with E-state index in [0.717, 1.165) is 14.2 Å². The SMILES string of the molecule is COC(=O)[C@H](CC(C)C)NC(=O)[C@@H](NC(=O)[C@@H](NC(=O)OC(C)(C)C)C(C)C)[C@H](O)C(=O)OC. The fourth-order valence-corrected chi connectivity index (χ4v) is 2.85. The second-order valence-corrected chi connectivity index (χ2v) is 9.54. The van der Waals surface area contributed by atoms with Crippen molar-refractivity contribution in [2.75, 3.05) is 14.2 Å². The minimum atomic E-state index is -2.08.